The minimum absolute atomic E-state index is 0.0425. The molecule has 29 heavy (non-hydrogen) atoms. The summed E-state index contributed by atoms with van der Waals surface area (Å²) in [7, 11) is -1.04. The molecule has 2 aliphatic rings. The summed E-state index contributed by atoms with van der Waals surface area (Å²) in [5.74, 6) is 1.19. The lowest BCUT2D eigenvalue weighted by Gasteiger charge is -2.34. The van der Waals surface area contributed by atoms with E-state index in [4.69, 9.17) is 17.3 Å². The quantitative estimate of drug-likeness (QED) is 0.669. The molecule has 0 amide bonds. The molecule has 7 nitrogen and oxygen atoms in total. The zero-order chi connectivity index (χ0) is 20.6. The minimum Gasteiger partial charge on any atom is -0.307 e. The van der Waals surface area contributed by atoms with E-state index in [1.807, 2.05) is 16.3 Å². The number of rotatable bonds is 5. The van der Waals surface area contributed by atoms with Crippen LogP contribution in [-0.2, 0) is 30.1 Å². The van der Waals surface area contributed by atoms with Crippen molar-refractivity contribution in [1.82, 2.24) is 24.1 Å². The second-order valence-corrected chi connectivity index (χ2v) is 10.9. The Kier molecular flexibility index (Phi) is 5.92. The highest BCUT2D eigenvalue weighted by Crippen LogP contribution is 2.27. The Morgan fingerprint density at radius 2 is 1.90 bits per heavy atom. The molecule has 0 bridgehead atoms. The average molecular weight is 436 g/mol. The van der Waals surface area contributed by atoms with Gasteiger partial charge < -0.3 is 4.57 Å². The Hall–Kier alpha value is -1.55. The third-order valence-corrected chi connectivity index (χ3v) is 8.21. The van der Waals surface area contributed by atoms with Crippen molar-refractivity contribution in [2.24, 2.45) is 7.05 Å². The van der Waals surface area contributed by atoms with E-state index < -0.39 is 9.84 Å². The summed E-state index contributed by atoms with van der Waals surface area (Å²) in [5, 5.41) is 4.70. The van der Waals surface area contributed by atoms with Gasteiger partial charge in [-0.25, -0.2) is 13.1 Å². The van der Waals surface area contributed by atoms with Gasteiger partial charge in [0, 0.05) is 45.7 Å². The van der Waals surface area contributed by atoms with Crippen molar-refractivity contribution in [3.8, 4) is 0 Å². The first-order chi connectivity index (χ1) is 13.8. The molecule has 9 heteroatoms. The van der Waals surface area contributed by atoms with Crippen LogP contribution in [0.3, 0.4) is 0 Å². The Morgan fingerprint density at radius 1 is 1.17 bits per heavy atom. The van der Waals surface area contributed by atoms with Crippen LogP contribution in [0.5, 0.6) is 0 Å². The van der Waals surface area contributed by atoms with Crippen LogP contribution in [-0.4, -0.2) is 70.2 Å². The lowest BCUT2D eigenvalue weighted by Crippen LogP contribution is -2.46. The molecular weight excluding hydrogens is 406 g/mol. The first-order valence-corrected chi connectivity index (χ1v) is 12.4. The van der Waals surface area contributed by atoms with Gasteiger partial charge in [-0.05, 0) is 31.1 Å². The predicted molar refractivity (Wildman–Crippen MR) is 116 cm³/mol. The van der Waals surface area contributed by atoms with Crippen LogP contribution >= 0.6 is 12.2 Å². The summed E-state index contributed by atoms with van der Waals surface area (Å²) in [4.78, 5) is 4.85. The van der Waals surface area contributed by atoms with Gasteiger partial charge >= 0.3 is 0 Å². The molecule has 1 aromatic carbocycles. The molecule has 0 radical (unpaired) electrons. The monoisotopic (exact) mass is 435 g/mol. The third-order valence-electron chi connectivity index (χ3n) is 5.96. The topological polar surface area (TPSA) is 63.4 Å². The maximum Gasteiger partial charge on any atom is 0.198 e. The Balaban J connectivity index is 1.36. The molecule has 0 N–H and O–H groups in total. The molecule has 1 unspecified atom stereocenters. The van der Waals surface area contributed by atoms with Crippen LogP contribution in [0.25, 0.3) is 0 Å². The van der Waals surface area contributed by atoms with Gasteiger partial charge in [-0.15, -0.1) is 0 Å². The zero-order valence-corrected chi connectivity index (χ0v) is 18.8. The average Bonchev–Trinajstić information content (AvgIpc) is 3.17. The minimum atomic E-state index is -2.94. The van der Waals surface area contributed by atoms with Gasteiger partial charge in [-0.2, -0.15) is 5.10 Å². The third kappa shape index (κ3) is 4.79. The molecule has 2 saturated heterocycles. The van der Waals surface area contributed by atoms with Crippen molar-refractivity contribution in [1.29, 1.82) is 0 Å². The summed E-state index contributed by atoms with van der Waals surface area (Å²) >= 11 is 5.57. The number of hydrogen-bond donors (Lipinski definition) is 0. The number of piperazine rings is 1. The molecule has 2 fully saturated rings. The smallest absolute Gasteiger partial charge is 0.198 e. The van der Waals surface area contributed by atoms with E-state index in [0.717, 1.165) is 38.5 Å². The van der Waals surface area contributed by atoms with Crippen LogP contribution < -0.4 is 0 Å². The lowest BCUT2D eigenvalue weighted by molar-refractivity contribution is 0.0979. The van der Waals surface area contributed by atoms with Crippen LogP contribution in [0.2, 0.25) is 0 Å². The molecule has 0 aliphatic carbocycles. The second-order valence-electron chi connectivity index (χ2n) is 8.32. The van der Waals surface area contributed by atoms with Gasteiger partial charge in [0.25, 0.3) is 0 Å². The molecule has 3 heterocycles. The fourth-order valence-corrected chi connectivity index (χ4v) is 6.23. The molecule has 1 aromatic heterocycles. The SMILES string of the molecule is Cc1cccc(CN2CCN(Cn3nc(C4CCS(=O)(=O)C4)n(C)c3=S)CC2)c1. The second kappa shape index (κ2) is 8.29. The molecule has 0 spiro atoms. The number of aromatic nitrogens is 3. The summed E-state index contributed by atoms with van der Waals surface area (Å²) < 4.78 is 28.1. The number of aryl methyl sites for hydroxylation is 1. The van der Waals surface area contributed by atoms with Crippen LogP contribution in [0.1, 0.15) is 29.3 Å². The van der Waals surface area contributed by atoms with Crippen molar-refractivity contribution >= 4 is 22.1 Å². The lowest BCUT2D eigenvalue weighted by atomic mass is 10.1. The molecule has 1 atom stereocenters. The molecule has 0 saturated carbocycles. The van der Waals surface area contributed by atoms with Crippen LogP contribution in [0.4, 0.5) is 0 Å². The molecule has 158 valence electrons. The summed E-state index contributed by atoms with van der Waals surface area (Å²) in [6.07, 6.45) is 0.638. The highest BCUT2D eigenvalue weighted by molar-refractivity contribution is 7.91. The van der Waals surface area contributed by atoms with E-state index in [2.05, 4.69) is 41.0 Å². The van der Waals surface area contributed by atoms with Gasteiger partial charge in [0.1, 0.15) is 5.82 Å². The van der Waals surface area contributed by atoms with E-state index in [1.165, 1.54) is 11.1 Å². The first-order valence-electron chi connectivity index (χ1n) is 10.2. The highest BCUT2D eigenvalue weighted by atomic mass is 32.2. The molecular formula is C20H29N5O2S2. The normalized spacial score (nSPS) is 22.9. The van der Waals surface area contributed by atoms with Crippen molar-refractivity contribution in [3.05, 3.63) is 46.0 Å². The molecule has 4 rings (SSSR count). The van der Waals surface area contributed by atoms with Crippen molar-refractivity contribution in [2.75, 3.05) is 37.7 Å². The Morgan fingerprint density at radius 3 is 2.55 bits per heavy atom. The van der Waals surface area contributed by atoms with Gasteiger partial charge in [-0.3, -0.25) is 9.80 Å². The maximum absolute atomic E-state index is 11.8. The predicted octanol–water partition coefficient (Wildman–Crippen LogP) is 1.94. The standard InChI is InChI=1S/C20H29N5O2S2/c1-16-4-3-5-17(12-16)13-23-7-9-24(10-8-23)15-25-20(28)22(2)19(21-25)18-6-11-29(26,27)14-18/h3-5,12,18H,6-11,13-15H2,1-2H3. The van der Waals surface area contributed by atoms with E-state index in [1.54, 1.807) is 0 Å². The van der Waals surface area contributed by atoms with Gasteiger partial charge in [-0.1, -0.05) is 29.8 Å². The summed E-state index contributed by atoms with van der Waals surface area (Å²) in [6, 6.07) is 8.70. The summed E-state index contributed by atoms with van der Waals surface area (Å²) in [5.41, 5.74) is 2.66. The van der Waals surface area contributed by atoms with E-state index in [-0.39, 0.29) is 17.4 Å². The van der Waals surface area contributed by atoms with Gasteiger partial charge in [0.05, 0.1) is 18.2 Å². The van der Waals surface area contributed by atoms with E-state index >= 15 is 0 Å². The van der Waals surface area contributed by atoms with Gasteiger partial charge in [0.15, 0.2) is 14.6 Å². The fourth-order valence-electron chi connectivity index (χ4n) is 4.30. The Bertz CT molecular complexity index is 1040. The van der Waals surface area contributed by atoms with E-state index in [9.17, 15) is 8.42 Å². The number of sulfone groups is 1. The molecule has 2 aliphatic heterocycles. The van der Waals surface area contributed by atoms with Crippen molar-refractivity contribution in [2.45, 2.75) is 32.5 Å². The number of hydrogen-bond acceptors (Lipinski definition) is 6. The zero-order valence-electron chi connectivity index (χ0n) is 17.1. The maximum atomic E-state index is 11.8. The van der Waals surface area contributed by atoms with Crippen molar-refractivity contribution in [3.63, 3.8) is 0 Å². The van der Waals surface area contributed by atoms with Crippen LogP contribution in [0.15, 0.2) is 24.3 Å². The molecule has 2 aromatic rings. The Labute approximate surface area is 177 Å². The highest BCUT2D eigenvalue weighted by Gasteiger charge is 2.32. The van der Waals surface area contributed by atoms with Gasteiger partial charge in [0.2, 0.25) is 0 Å². The number of nitrogens with zero attached hydrogens (tertiary/aromatic N) is 5. The van der Waals surface area contributed by atoms with Crippen molar-refractivity contribution < 1.29 is 8.42 Å². The fraction of sp³-hybridized carbons (Fsp3) is 0.600. The number of benzene rings is 1. The largest absolute Gasteiger partial charge is 0.307 e. The van der Waals surface area contributed by atoms with Crippen LogP contribution in [0, 0.1) is 11.7 Å². The summed E-state index contributed by atoms with van der Waals surface area (Å²) in [6.45, 7) is 7.74. The van der Waals surface area contributed by atoms with E-state index in [0.29, 0.717) is 17.9 Å². The first kappa shape index (κ1) is 20.7.